The van der Waals surface area contributed by atoms with Gasteiger partial charge in [0.25, 0.3) is 0 Å². The molecule has 50 heavy (non-hydrogen) atoms. The monoisotopic (exact) mass is 699 g/mol. The van der Waals surface area contributed by atoms with Crippen LogP contribution in [0.4, 0.5) is 0 Å². The molecule has 0 bridgehead atoms. The molecule has 0 rings (SSSR count). The van der Waals surface area contributed by atoms with Crippen LogP contribution in [0.15, 0.2) is 24.3 Å². The first-order chi connectivity index (χ1) is 24.8. The van der Waals surface area contributed by atoms with Crippen LogP contribution in [0, 0.1) is 5.92 Å². The van der Waals surface area contributed by atoms with Crippen molar-refractivity contribution in [2.75, 3.05) is 0 Å². The van der Waals surface area contributed by atoms with E-state index in [-0.39, 0.29) is 0 Å². The Balaban J connectivity index is 3.99. The molecule has 1 atom stereocenters. The fourth-order valence-electron chi connectivity index (χ4n) is 7.89. The summed E-state index contributed by atoms with van der Waals surface area (Å²) in [6, 6.07) is 0. The van der Waals surface area contributed by atoms with Gasteiger partial charge in [0, 0.05) is 0 Å². The number of hydrogen-bond acceptors (Lipinski definition) is 0. The van der Waals surface area contributed by atoms with Gasteiger partial charge in [-0.25, -0.2) is 0 Å². The molecule has 0 radical (unpaired) electrons. The molecule has 0 aliphatic heterocycles. The van der Waals surface area contributed by atoms with Gasteiger partial charge in [0.1, 0.15) is 0 Å². The minimum Gasteiger partial charge on any atom is -0.0885 e. The largest absolute Gasteiger partial charge is 0.0885 e. The second kappa shape index (κ2) is 46.5. The van der Waals surface area contributed by atoms with Crippen molar-refractivity contribution in [3.8, 4) is 0 Å². The molecule has 0 N–H and O–H groups in total. The summed E-state index contributed by atoms with van der Waals surface area (Å²) < 4.78 is 0. The van der Waals surface area contributed by atoms with Crippen molar-refractivity contribution in [3.63, 3.8) is 0 Å². The Hall–Kier alpha value is -0.520. The van der Waals surface area contributed by atoms with E-state index in [9.17, 15) is 0 Å². The van der Waals surface area contributed by atoms with Gasteiger partial charge < -0.3 is 0 Å². The van der Waals surface area contributed by atoms with Crippen LogP contribution in [0.25, 0.3) is 0 Å². The third-order valence-corrected chi connectivity index (χ3v) is 11.5. The molecule has 0 aromatic heterocycles. The predicted octanol–water partition coefficient (Wildman–Crippen LogP) is 19.2. The van der Waals surface area contributed by atoms with Gasteiger partial charge in [0.05, 0.1) is 0 Å². The molecule has 0 aliphatic rings. The molecule has 0 spiro atoms. The van der Waals surface area contributed by atoms with Crippen molar-refractivity contribution < 1.29 is 0 Å². The van der Waals surface area contributed by atoms with Crippen LogP contribution < -0.4 is 0 Å². The highest BCUT2D eigenvalue weighted by atomic mass is 14.1. The van der Waals surface area contributed by atoms with Gasteiger partial charge in [-0.05, 0) is 57.3 Å². The molecule has 0 fully saturated rings. The normalized spacial score (nSPS) is 12.6. The summed E-state index contributed by atoms with van der Waals surface area (Å²) in [7, 11) is 0. The zero-order chi connectivity index (χ0) is 36.1. The molecule has 0 aliphatic carbocycles. The summed E-state index contributed by atoms with van der Waals surface area (Å²) >= 11 is 0. The van der Waals surface area contributed by atoms with Gasteiger partial charge in [-0.15, -0.1) is 0 Å². The molecule has 0 heteroatoms. The van der Waals surface area contributed by atoms with Crippen LogP contribution in [0.2, 0.25) is 0 Å². The van der Waals surface area contributed by atoms with Crippen LogP contribution in [-0.2, 0) is 0 Å². The van der Waals surface area contributed by atoms with Gasteiger partial charge in [0.2, 0.25) is 0 Å². The van der Waals surface area contributed by atoms with E-state index in [0.717, 1.165) is 5.92 Å². The molecule has 0 aromatic rings. The molecule has 0 saturated heterocycles. The van der Waals surface area contributed by atoms with E-state index in [2.05, 4.69) is 45.1 Å². The predicted molar refractivity (Wildman–Crippen MR) is 233 cm³/mol. The Morgan fingerprint density at radius 1 is 0.220 bits per heavy atom. The highest BCUT2D eigenvalue weighted by Crippen LogP contribution is 2.25. The second-order valence-electron chi connectivity index (χ2n) is 16.6. The molecule has 0 aromatic carbocycles. The minimum atomic E-state index is 1.01. The van der Waals surface area contributed by atoms with E-state index in [1.165, 1.54) is 270 Å². The van der Waals surface area contributed by atoms with Crippen LogP contribution in [-0.4, -0.2) is 0 Å². The highest BCUT2D eigenvalue weighted by molar-refractivity contribution is 4.82. The average molecular weight is 699 g/mol. The van der Waals surface area contributed by atoms with Gasteiger partial charge in [0.15, 0.2) is 0 Å². The first-order valence-electron chi connectivity index (χ1n) is 24.1. The quantitative estimate of drug-likeness (QED) is 0.0439. The van der Waals surface area contributed by atoms with Crippen LogP contribution >= 0.6 is 0 Å². The highest BCUT2D eigenvalue weighted by Gasteiger charge is 2.09. The van der Waals surface area contributed by atoms with E-state index in [1.54, 1.807) is 0 Å². The fraction of sp³-hybridized carbons (Fsp3) is 0.920. The Morgan fingerprint density at radius 2 is 0.400 bits per heavy atom. The van der Waals surface area contributed by atoms with E-state index >= 15 is 0 Å². The van der Waals surface area contributed by atoms with Crippen molar-refractivity contribution in [1.29, 1.82) is 0 Å². The molecule has 0 amide bonds. The molecule has 1 unspecified atom stereocenters. The minimum absolute atomic E-state index is 1.01. The van der Waals surface area contributed by atoms with Gasteiger partial charge in [-0.1, -0.05) is 263 Å². The average Bonchev–Trinajstić information content (AvgIpc) is 3.13. The van der Waals surface area contributed by atoms with Crippen molar-refractivity contribution >= 4 is 0 Å². The smallest absolute Gasteiger partial charge is 0.0351 e. The zero-order valence-electron chi connectivity index (χ0n) is 35.6. The summed E-state index contributed by atoms with van der Waals surface area (Å²) in [5.74, 6) is 1.01. The Morgan fingerprint density at radius 3 is 0.640 bits per heavy atom. The number of rotatable bonds is 44. The first-order valence-corrected chi connectivity index (χ1v) is 24.1. The molecule has 0 saturated carbocycles. The lowest BCUT2D eigenvalue weighted by Crippen LogP contribution is -2.01. The summed E-state index contributed by atoms with van der Waals surface area (Å²) in [6.45, 7) is 6.93. The second-order valence-corrected chi connectivity index (χ2v) is 16.6. The zero-order valence-corrected chi connectivity index (χ0v) is 35.6. The van der Waals surface area contributed by atoms with Gasteiger partial charge in [-0.3, -0.25) is 0 Å². The first kappa shape index (κ1) is 49.5. The number of unbranched alkanes of at least 4 members (excludes halogenated alkanes) is 34. The Labute approximate surface area is 319 Å². The van der Waals surface area contributed by atoms with E-state index < -0.39 is 0 Å². The van der Waals surface area contributed by atoms with E-state index in [0.29, 0.717) is 0 Å². The number of allylic oxidation sites excluding steroid dienone is 4. The van der Waals surface area contributed by atoms with E-state index in [1.807, 2.05) is 0 Å². The summed E-state index contributed by atoms with van der Waals surface area (Å²) in [5.41, 5.74) is 0. The maximum absolute atomic E-state index is 2.47. The third-order valence-electron chi connectivity index (χ3n) is 11.5. The maximum atomic E-state index is 2.47. The lowest BCUT2D eigenvalue weighted by Gasteiger charge is -2.17. The summed E-state index contributed by atoms with van der Waals surface area (Å²) in [4.78, 5) is 0. The van der Waals surface area contributed by atoms with Crippen molar-refractivity contribution in [1.82, 2.24) is 0 Å². The molecular formula is C50H98. The van der Waals surface area contributed by atoms with Crippen LogP contribution in [0.5, 0.6) is 0 Å². The molecule has 298 valence electrons. The Bertz CT molecular complexity index is 628. The van der Waals surface area contributed by atoms with Gasteiger partial charge >= 0.3 is 0 Å². The summed E-state index contributed by atoms with van der Waals surface area (Å²) in [6.07, 6.45) is 70.4. The van der Waals surface area contributed by atoms with Gasteiger partial charge in [-0.2, -0.15) is 0 Å². The molecule has 0 nitrogen and oxygen atoms in total. The maximum Gasteiger partial charge on any atom is -0.0351 e. The summed E-state index contributed by atoms with van der Waals surface area (Å²) in [5, 5.41) is 0. The van der Waals surface area contributed by atoms with Crippen LogP contribution in [0.1, 0.15) is 290 Å². The molecular weight excluding hydrogens is 601 g/mol. The molecule has 0 heterocycles. The van der Waals surface area contributed by atoms with Crippen LogP contribution in [0.3, 0.4) is 0 Å². The lowest BCUT2D eigenvalue weighted by atomic mass is 9.89. The topological polar surface area (TPSA) is 0 Å². The standard InChI is InChI=1S/C50H98/c1-4-7-10-13-16-19-22-25-27-28-31-34-37-40-43-46-49-50(47-44-41-38-35-32-29-24-21-18-15-12-9-6-3)48-45-42-39-36-33-30-26-23-20-17-14-11-8-5-2/h21,24-25,27,50H,4-20,22-23,26,28-49H2,1-3H3. The lowest BCUT2D eigenvalue weighted by molar-refractivity contribution is 0.365. The van der Waals surface area contributed by atoms with Crippen molar-refractivity contribution in [3.05, 3.63) is 24.3 Å². The van der Waals surface area contributed by atoms with E-state index in [4.69, 9.17) is 0 Å². The van der Waals surface area contributed by atoms with Crippen molar-refractivity contribution in [2.45, 2.75) is 290 Å². The number of hydrogen-bond donors (Lipinski definition) is 0. The third kappa shape index (κ3) is 43.6. The fourth-order valence-corrected chi connectivity index (χ4v) is 7.89. The SMILES string of the molecule is CCCCCCC=CCCCCCCCC(CCCCCCCCC=CCCCCCCCC)CCCCCCCCCCCCCCCC. The van der Waals surface area contributed by atoms with Crippen molar-refractivity contribution in [2.24, 2.45) is 5.92 Å². The Kier molecular flexibility index (Phi) is 46.0.